The molecule has 2 rings (SSSR count). The van der Waals surface area contributed by atoms with Gasteiger partial charge in [0.15, 0.2) is 11.7 Å². The fraction of sp³-hybridized carbons (Fsp3) is 0.154. The molecule has 0 unspecified atom stereocenters. The van der Waals surface area contributed by atoms with E-state index in [1.165, 1.54) is 11.3 Å². The van der Waals surface area contributed by atoms with Crippen LogP contribution in [-0.2, 0) is 16.0 Å². The van der Waals surface area contributed by atoms with E-state index in [0.717, 1.165) is 0 Å². The number of thiazole rings is 1. The first-order chi connectivity index (χ1) is 10.0. The fourth-order valence-corrected chi connectivity index (χ4v) is 2.12. The molecule has 0 bridgehead atoms. The highest BCUT2D eigenvalue weighted by atomic mass is 32.1. The smallest absolute Gasteiger partial charge is 0.341 e. The van der Waals surface area contributed by atoms with Gasteiger partial charge in [0.2, 0.25) is 5.91 Å². The zero-order chi connectivity index (χ0) is 15.2. The van der Waals surface area contributed by atoms with Crippen LogP contribution in [0.25, 0.3) is 0 Å². The van der Waals surface area contributed by atoms with Gasteiger partial charge in [0.25, 0.3) is 0 Å². The predicted octanol–water partition coefficient (Wildman–Crippen LogP) is 1.37. The van der Waals surface area contributed by atoms with E-state index in [1.54, 1.807) is 29.6 Å². The van der Waals surface area contributed by atoms with Crippen molar-refractivity contribution >= 4 is 34.0 Å². The molecular formula is C13H13N3O4S. The molecule has 0 fully saturated rings. The third-order valence-corrected chi connectivity index (χ3v) is 3.13. The lowest BCUT2D eigenvalue weighted by molar-refractivity contribution is -0.139. The highest BCUT2D eigenvalue weighted by Gasteiger charge is 2.07. The summed E-state index contributed by atoms with van der Waals surface area (Å²) in [6.07, 6.45) is 0.144. The number of aromatic nitrogens is 1. The van der Waals surface area contributed by atoms with Crippen LogP contribution in [0.15, 0.2) is 29.6 Å². The van der Waals surface area contributed by atoms with Crippen molar-refractivity contribution in [2.24, 2.45) is 0 Å². The summed E-state index contributed by atoms with van der Waals surface area (Å²) in [6.45, 7) is -0.406. The van der Waals surface area contributed by atoms with E-state index in [0.29, 0.717) is 22.3 Å². The maximum Gasteiger partial charge on any atom is 0.341 e. The number of hydrogen-bond donors (Lipinski definition) is 3. The lowest BCUT2D eigenvalue weighted by Crippen LogP contribution is -2.14. The van der Waals surface area contributed by atoms with E-state index in [9.17, 15) is 9.59 Å². The summed E-state index contributed by atoms with van der Waals surface area (Å²) in [4.78, 5) is 26.2. The Kier molecular flexibility index (Phi) is 4.72. The number of rotatable bonds is 6. The molecule has 0 atom stereocenters. The number of nitrogens with one attached hydrogen (secondary N) is 1. The average molecular weight is 307 g/mol. The van der Waals surface area contributed by atoms with Crippen molar-refractivity contribution < 1.29 is 19.4 Å². The number of carbonyl (C=O) groups excluding carboxylic acids is 1. The zero-order valence-electron chi connectivity index (χ0n) is 10.9. The molecule has 4 N–H and O–H groups in total. The van der Waals surface area contributed by atoms with Crippen LogP contribution in [0, 0.1) is 0 Å². The molecule has 2 aromatic rings. The van der Waals surface area contributed by atoms with Crippen LogP contribution in [0.3, 0.4) is 0 Å². The number of nitrogen functional groups attached to an aromatic ring is 1. The second-order valence-electron chi connectivity index (χ2n) is 4.11. The summed E-state index contributed by atoms with van der Waals surface area (Å²) in [5.41, 5.74) is 6.70. The van der Waals surface area contributed by atoms with Gasteiger partial charge in [-0.1, -0.05) is 0 Å². The molecule has 21 heavy (non-hydrogen) atoms. The summed E-state index contributed by atoms with van der Waals surface area (Å²) in [6, 6.07) is 6.42. The Hall–Kier alpha value is -2.61. The van der Waals surface area contributed by atoms with Crippen molar-refractivity contribution in [3.63, 3.8) is 0 Å². The number of nitrogens with two attached hydrogens (primary N) is 1. The summed E-state index contributed by atoms with van der Waals surface area (Å²) in [7, 11) is 0. The maximum atomic E-state index is 11.8. The molecule has 110 valence electrons. The Labute approximate surface area is 124 Å². The topological polar surface area (TPSA) is 115 Å². The molecule has 7 nitrogen and oxygen atoms in total. The van der Waals surface area contributed by atoms with E-state index < -0.39 is 12.6 Å². The van der Waals surface area contributed by atoms with Gasteiger partial charge in [0.1, 0.15) is 5.75 Å². The van der Waals surface area contributed by atoms with Gasteiger partial charge < -0.3 is 20.9 Å². The number of nitrogens with zero attached hydrogens (tertiary/aromatic N) is 1. The van der Waals surface area contributed by atoms with Gasteiger partial charge in [0.05, 0.1) is 12.1 Å². The van der Waals surface area contributed by atoms with Crippen LogP contribution in [0.5, 0.6) is 5.75 Å². The highest BCUT2D eigenvalue weighted by molar-refractivity contribution is 7.13. The minimum Gasteiger partial charge on any atom is -0.482 e. The molecule has 1 heterocycles. The van der Waals surface area contributed by atoms with E-state index in [-0.39, 0.29) is 12.3 Å². The molecule has 0 radical (unpaired) electrons. The number of aliphatic carboxylic acids is 1. The Bertz CT molecular complexity index is 639. The molecule has 0 aliphatic carbocycles. The van der Waals surface area contributed by atoms with Crippen LogP contribution in [0.1, 0.15) is 5.69 Å². The van der Waals surface area contributed by atoms with Crippen LogP contribution in [0.4, 0.5) is 10.8 Å². The largest absolute Gasteiger partial charge is 0.482 e. The molecule has 0 saturated carbocycles. The van der Waals surface area contributed by atoms with Gasteiger partial charge in [-0.05, 0) is 24.3 Å². The summed E-state index contributed by atoms with van der Waals surface area (Å²) < 4.78 is 4.99. The van der Waals surface area contributed by atoms with Crippen LogP contribution in [-0.4, -0.2) is 28.6 Å². The van der Waals surface area contributed by atoms with Crippen molar-refractivity contribution in [3.8, 4) is 5.75 Å². The van der Waals surface area contributed by atoms with E-state index in [1.807, 2.05) is 0 Å². The van der Waals surface area contributed by atoms with Gasteiger partial charge in [-0.2, -0.15) is 0 Å². The third kappa shape index (κ3) is 4.77. The summed E-state index contributed by atoms with van der Waals surface area (Å²) in [5, 5.41) is 13.4. The third-order valence-electron chi connectivity index (χ3n) is 2.41. The molecule has 0 saturated heterocycles. The number of hydrogen-bond acceptors (Lipinski definition) is 6. The summed E-state index contributed by atoms with van der Waals surface area (Å²) in [5.74, 6) is -0.836. The van der Waals surface area contributed by atoms with Crippen LogP contribution >= 0.6 is 11.3 Å². The first kappa shape index (κ1) is 14.8. The number of amides is 1. The number of benzene rings is 1. The number of carbonyl (C=O) groups is 2. The Morgan fingerprint density at radius 3 is 2.62 bits per heavy atom. The van der Waals surface area contributed by atoms with Gasteiger partial charge in [-0.15, -0.1) is 11.3 Å². The minimum absolute atomic E-state index is 0.144. The molecule has 0 aliphatic heterocycles. The molecule has 1 aromatic heterocycles. The van der Waals surface area contributed by atoms with Gasteiger partial charge >= 0.3 is 5.97 Å². The first-order valence-corrected chi connectivity index (χ1v) is 6.85. The number of anilines is 2. The standard InChI is InChI=1S/C13H13N3O4S/c14-13-16-9(7-21-13)5-11(17)15-8-1-3-10(4-2-8)20-6-12(18)19/h1-4,7H,5-6H2,(H2,14,16)(H,15,17)(H,18,19). The second kappa shape index (κ2) is 6.71. The van der Waals surface area contributed by atoms with Crippen LogP contribution in [0.2, 0.25) is 0 Å². The van der Waals surface area contributed by atoms with Crippen molar-refractivity contribution in [2.75, 3.05) is 17.7 Å². The highest BCUT2D eigenvalue weighted by Crippen LogP contribution is 2.16. The second-order valence-corrected chi connectivity index (χ2v) is 5.00. The van der Waals surface area contributed by atoms with Crippen molar-refractivity contribution in [1.82, 2.24) is 4.98 Å². The molecule has 0 aliphatic rings. The lowest BCUT2D eigenvalue weighted by Gasteiger charge is -2.06. The number of ether oxygens (including phenoxy) is 1. The lowest BCUT2D eigenvalue weighted by atomic mass is 10.2. The predicted molar refractivity (Wildman–Crippen MR) is 78.4 cm³/mol. The van der Waals surface area contributed by atoms with Gasteiger partial charge in [-0.25, -0.2) is 9.78 Å². The Balaban J connectivity index is 1.87. The van der Waals surface area contributed by atoms with Crippen molar-refractivity contribution in [2.45, 2.75) is 6.42 Å². The maximum absolute atomic E-state index is 11.8. The van der Waals surface area contributed by atoms with Gasteiger partial charge in [-0.3, -0.25) is 4.79 Å². The van der Waals surface area contributed by atoms with Crippen LogP contribution < -0.4 is 15.8 Å². The number of carboxylic acids is 1. The normalized spacial score (nSPS) is 10.1. The van der Waals surface area contributed by atoms with E-state index >= 15 is 0 Å². The van der Waals surface area contributed by atoms with Crippen molar-refractivity contribution in [1.29, 1.82) is 0 Å². The average Bonchev–Trinajstić information content (AvgIpc) is 2.83. The SMILES string of the molecule is Nc1nc(CC(=O)Nc2ccc(OCC(=O)O)cc2)cs1. The van der Waals surface area contributed by atoms with Gasteiger partial charge in [0, 0.05) is 11.1 Å². The molecule has 1 amide bonds. The van der Waals surface area contributed by atoms with E-state index in [2.05, 4.69) is 10.3 Å². The first-order valence-electron chi connectivity index (χ1n) is 5.97. The fourth-order valence-electron chi connectivity index (χ4n) is 1.55. The van der Waals surface area contributed by atoms with Crippen molar-refractivity contribution in [3.05, 3.63) is 35.3 Å². The Morgan fingerprint density at radius 2 is 2.05 bits per heavy atom. The minimum atomic E-state index is -1.05. The molecular weight excluding hydrogens is 294 g/mol. The number of carboxylic acid groups (broad SMARTS) is 1. The molecule has 0 spiro atoms. The zero-order valence-corrected chi connectivity index (χ0v) is 11.7. The summed E-state index contributed by atoms with van der Waals surface area (Å²) >= 11 is 1.28. The van der Waals surface area contributed by atoms with E-state index in [4.69, 9.17) is 15.6 Å². The molecule has 8 heteroatoms. The quantitative estimate of drug-likeness (QED) is 0.742. The Morgan fingerprint density at radius 1 is 1.33 bits per heavy atom. The molecule has 1 aromatic carbocycles. The monoisotopic (exact) mass is 307 g/mol.